The van der Waals surface area contributed by atoms with Gasteiger partial charge in [0.05, 0.1) is 13.7 Å². The highest BCUT2D eigenvalue weighted by atomic mass is 127. The molecule has 1 aliphatic heterocycles. The Hall–Kier alpha value is -2.14. The minimum atomic E-state index is -0.813. The number of likely N-dealkylation sites (tertiary alicyclic amines) is 1. The van der Waals surface area contributed by atoms with Crippen LogP contribution in [0, 0.1) is 11.6 Å². The summed E-state index contributed by atoms with van der Waals surface area (Å²) in [6.45, 7) is 5.53. The summed E-state index contributed by atoms with van der Waals surface area (Å²) < 4.78 is 31.6. The van der Waals surface area contributed by atoms with Gasteiger partial charge >= 0.3 is 0 Å². The lowest BCUT2D eigenvalue weighted by Crippen LogP contribution is -2.48. The first-order chi connectivity index (χ1) is 15.0. The molecule has 0 aromatic heterocycles. The Morgan fingerprint density at radius 3 is 2.47 bits per heavy atom. The number of guanidine groups is 1. The zero-order chi connectivity index (χ0) is 22.2. The first-order valence-corrected chi connectivity index (χ1v) is 10.6. The van der Waals surface area contributed by atoms with E-state index in [2.05, 4.69) is 20.5 Å². The number of aromatic hydroxyl groups is 1. The third-order valence-corrected chi connectivity index (χ3v) is 5.33. The largest absolute Gasteiger partial charge is 0.504 e. The van der Waals surface area contributed by atoms with Gasteiger partial charge in [-0.2, -0.15) is 0 Å². The number of rotatable bonds is 7. The van der Waals surface area contributed by atoms with Crippen molar-refractivity contribution in [1.82, 2.24) is 15.5 Å². The standard InChI is InChI=1S/C23H30F2N4O2.HI/c1-3-26-23(27-14-16-5-7-22(31-2)21(30)13-16)28-18-8-10-29(11-9-18)15-17-4-6-19(24)20(25)12-17;/h4-7,12-13,18,30H,3,8-11,14-15H2,1-2H3,(H2,26,27,28);1H. The van der Waals surface area contributed by atoms with E-state index >= 15 is 0 Å². The second-order valence-electron chi connectivity index (χ2n) is 7.64. The number of aliphatic imine (C=N–C) groups is 1. The van der Waals surface area contributed by atoms with Crippen molar-refractivity contribution in [3.05, 3.63) is 59.2 Å². The van der Waals surface area contributed by atoms with Crippen LogP contribution in [-0.2, 0) is 13.1 Å². The van der Waals surface area contributed by atoms with Crippen LogP contribution >= 0.6 is 24.0 Å². The molecule has 3 N–H and O–H groups in total. The van der Waals surface area contributed by atoms with Crippen molar-refractivity contribution in [2.45, 2.75) is 38.9 Å². The topological polar surface area (TPSA) is 69.1 Å². The second-order valence-corrected chi connectivity index (χ2v) is 7.64. The number of hydrogen-bond acceptors (Lipinski definition) is 4. The van der Waals surface area contributed by atoms with E-state index < -0.39 is 11.6 Å². The molecule has 1 saturated heterocycles. The van der Waals surface area contributed by atoms with Gasteiger partial charge in [-0.1, -0.05) is 12.1 Å². The van der Waals surface area contributed by atoms with Crippen molar-refractivity contribution in [1.29, 1.82) is 0 Å². The first kappa shape index (κ1) is 26.1. The van der Waals surface area contributed by atoms with Gasteiger partial charge in [0.1, 0.15) is 0 Å². The number of nitrogens with zero attached hydrogens (tertiary/aromatic N) is 2. The van der Waals surface area contributed by atoms with Gasteiger partial charge in [-0.05, 0) is 55.2 Å². The van der Waals surface area contributed by atoms with E-state index in [1.807, 2.05) is 13.0 Å². The van der Waals surface area contributed by atoms with E-state index in [-0.39, 0.29) is 35.8 Å². The Morgan fingerprint density at radius 1 is 1.12 bits per heavy atom. The van der Waals surface area contributed by atoms with Crippen LogP contribution in [0.1, 0.15) is 30.9 Å². The molecule has 0 unspecified atom stereocenters. The van der Waals surface area contributed by atoms with Crippen molar-refractivity contribution in [3.63, 3.8) is 0 Å². The van der Waals surface area contributed by atoms with Gasteiger partial charge in [-0.25, -0.2) is 13.8 Å². The Labute approximate surface area is 205 Å². The lowest BCUT2D eigenvalue weighted by molar-refractivity contribution is 0.198. The Kier molecular flexibility index (Phi) is 10.4. The maximum absolute atomic E-state index is 13.4. The number of hydrogen-bond donors (Lipinski definition) is 3. The van der Waals surface area contributed by atoms with Crippen LogP contribution in [0.4, 0.5) is 8.78 Å². The quantitative estimate of drug-likeness (QED) is 0.271. The Morgan fingerprint density at radius 2 is 1.84 bits per heavy atom. The molecule has 0 atom stereocenters. The van der Waals surface area contributed by atoms with Crippen LogP contribution < -0.4 is 15.4 Å². The monoisotopic (exact) mass is 560 g/mol. The SMILES string of the molecule is CCNC(=NCc1ccc(OC)c(O)c1)NC1CCN(Cc2ccc(F)c(F)c2)CC1.I. The highest BCUT2D eigenvalue weighted by molar-refractivity contribution is 14.0. The average Bonchev–Trinajstić information content (AvgIpc) is 2.76. The van der Waals surface area contributed by atoms with Crippen molar-refractivity contribution >= 4 is 29.9 Å². The highest BCUT2D eigenvalue weighted by Gasteiger charge is 2.20. The number of nitrogens with one attached hydrogen (secondary N) is 2. The number of phenolic OH excluding ortho intramolecular Hbond substituents is 1. The van der Waals surface area contributed by atoms with Gasteiger partial charge in [-0.15, -0.1) is 24.0 Å². The summed E-state index contributed by atoms with van der Waals surface area (Å²) in [7, 11) is 1.52. The number of benzene rings is 2. The normalized spacial score (nSPS) is 15.2. The molecule has 1 aliphatic rings. The number of ether oxygens (including phenoxy) is 1. The van der Waals surface area contributed by atoms with Crippen molar-refractivity contribution in [2.24, 2.45) is 4.99 Å². The minimum Gasteiger partial charge on any atom is -0.504 e. The summed E-state index contributed by atoms with van der Waals surface area (Å²) >= 11 is 0. The maximum atomic E-state index is 13.4. The molecule has 2 aromatic carbocycles. The lowest BCUT2D eigenvalue weighted by Gasteiger charge is -2.33. The summed E-state index contributed by atoms with van der Waals surface area (Å²) in [5.41, 5.74) is 1.67. The lowest BCUT2D eigenvalue weighted by atomic mass is 10.0. The summed E-state index contributed by atoms with van der Waals surface area (Å²) in [4.78, 5) is 6.88. The molecule has 0 radical (unpaired) electrons. The predicted octanol–water partition coefficient (Wildman–Crippen LogP) is 4.02. The van der Waals surface area contributed by atoms with Crippen LogP contribution in [0.2, 0.25) is 0 Å². The molecule has 0 amide bonds. The van der Waals surface area contributed by atoms with E-state index in [0.29, 0.717) is 18.8 Å². The summed E-state index contributed by atoms with van der Waals surface area (Å²) in [6, 6.07) is 9.63. The molecular weight excluding hydrogens is 529 g/mol. The highest BCUT2D eigenvalue weighted by Crippen LogP contribution is 2.26. The van der Waals surface area contributed by atoms with E-state index in [1.54, 1.807) is 18.2 Å². The molecule has 32 heavy (non-hydrogen) atoms. The van der Waals surface area contributed by atoms with E-state index in [4.69, 9.17) is 4.74 Å². The predicted molar refractivity (Wildman–Crippen MR) is 133 cm³/mol. The molecule has 2 aromatic rings. The molecule has 1 fully saturated rings. The van der Waals surface area contributed by atoms with Crippen LogP contribution in [0.3, 0.4) is 0 Å². The van der Waals surface area contributed by atoms with Gasteiger partial charge in [0, 0.05) is 32.2 Å². The molecule has 0 bridgehead atoms. The smallest absolute Gasteiger partial charge is 0.191 e. The van der Waals surface area contributed by atoms with Crippen LogP contribution in [0.15, 0.2) is 41.4 Å². The second kappa shape index (κ2) is 12.8. The van der Waals surface area contributed by atoms with Gasteiger partial charge in [-0.3, -0.25) is 4.90 Å². The molecule has 9 heteroatoms. The number of methoxy groups -OCH3 is 1. The van der Waals surface area contributed by atoms with E-state index in [0.717, 1.165) is 49.6 Å². The third kappa shape index (κ3) is 7.47. The molecule has 3 rings (SSSR count). The van der Waals surface area contributed by atoms with Crippen molar-refractivity contribution in [3.8, 4) is 11.5 Å². The molecule has 0 saturated carbocycles. The van der Waals surface area contributed by atoms with Crippen molar-refractivity contribution < 1.29 is 18.6 Å². The number of phenols is 1. The average molecular weight is 560 g/mol. The molecule has 0 aliphatic carbocycles. The third-order valence-electron chi connectivity index (χ3n) is 5.33. The van der Waals surface area contributed by atoms with Crippen LogP contribution in [-0.4, -0.2) is 48.8 Å². The van der Waals surface area contributed by atoms with Crippen LogP contribution in [0.5, 0.6) is 11.5 Å². The van der Waals surface area contributed by atoms with E-state index in [1.165, 1.54) is 19.2 Å². The molecule has 0 spiro atoms. The minimum absolute atomic E-state index is 0. The van der Waals surface area contributed by atoms with Gasteiger partial charge < -0.3 is 20.5 Å². The first-order valence-electron chi connectivity index (χ1n) is 10.6. The maximum Gasteiger partial charge on any atom is 0.191 e. The van der Waals surface area contributed by atoms with E-state index in [9.17, 15) is 13.9 Å². The number of piperidine rings is 1. The fourth-order valence-corrected chi connectivity index (χ4v) is 3.65. The molecule has 1 heterocycles. The number of halogens is 3. The van der Waals surface area contributed by atoms with Gasteiger partial charge in [0.15, 0.2) is 29.1 Å². The molecule has 6 nitrogen and oxygen atoms in total. The molecular formula is C23H31F2IN4O2. The molecule has 176 valence electrons. The zero-order valence-corrected chi connectivity index (χ0v) is 20.7. The fourth-order valence-electron chi connectivity index (χ4n) is 3.65. The Balaban J connectivity index is 0.00000363. The summed E-state index contributed by atoms with van der Waals surface area (Å²) in [5.74, 6) is -0.344. The van der Waals surface area contributed by atoms with Gasteiger partial charge in [0.2, 0.25) is 0 Å². The Bertz CT molecular complexity index is 906. The zero-order valence-electron chi connectivity index (χ0n) is 18.4. The van der Waals surface area contributed by atoms with Gasteiger partial charge in [0.25, 0.3) is 0 Å². The van der Waals surface area contributed by atoms with Crippen LogP contribution in [0.25, 0.3) is 0 Å². The summed E-state index contributed by atoms with van der Waals surface area (Å²) in [5, 5.41) is 16.7. The fraction of sp³-hybridized carbons (Fsp3) is 0.435. The van der Waals surface area contributed by atoms with Crippen molar-refractivity contribution in [2.75, 3.05) is 26.7 Å². The summed E-state index contributed by atoms with van der Waals surface area (Å²) in [6.07, 6.45) is 1.86.